The molecule has 1 aromatic rings. The summed E-state index contributed by atoms with van der Waals surface area (Å²) in [6, 6.07) is 8.12. The van der Waals surface area contributed by atoms with Gasteiger partial charge in [0.25, 0.3) is 0 Å². The van der Waals surface area contributed by atoms with Gasteiger partial charge >= 0.3 is 0 Å². The Kier molecular flexibility index (Phi) is 4.58. The van der Waals surface area contributed by atoms with Gasteiger partial charge < -0.3 is 4.90 Å². The predicted molar refractivity (Wildman–Crippen MR) is 94.0 cm³/mol. The molecule has 0 aromatic heterocycles. The maximum Gasteiger partial charge on any atom is 0.226 e. The molecule has 0 aliphatic heterocycles. The largest absolute Gasteiger partial charge is 0.336 e. The molecule has 2 fully saturated rings. The highest BCUT2D eigenvalue weighted by Gasteiger charge is 2.49. The highest BCUT2D eigenvalue weighted by atomic mass is 79.9. The SMILES string of the molecule is CC(CS(C)(=O)=O)N(C(=O)C1CC1c1ccc(Br)cc1)C1CC1. The molecule has 3 rings (SSSR count). The lowest BCUT2D eigenvalue weighted by Gasteiger charge is -2.29. The summed E-state index contributed by atoms with van der Waals surface area (Å²) in [5.74, 6) is 0.475. The summed E-state index contributed by atoms with van der Waals surface area (Å²) in [5.41, 5.74) is 1.19. The Morgan fingerprint density at radius 1 is 1.30 bits per heavy atom. The summed E-state index contributed by atoms with van der Waals surface area (Å²) in [6.07, 6.45) is 4.10. The maximum atomic E-state index is 12.9. The highest BCUT2D eigenvalue weighted by molar-refractivity contribution is 9.10. The molecule has 1 amide bonds. The van der Waals surface area contributed by atoms with E-state index in [9.17, 15) is 13.2 Å². The van der Waals surface area contributed by atoms with Crippen LogP contribution in [0.4, 0.5) is 0 Å². The van der Waals surface area contributed by atoms with Crippen LogP contribution in [0.15, 0.2) is 28.7 Å². The first-order valence-corrected chi connectivity index (χ1v) is 10.9. The van der Waals surface area contributed by atoms with Gasteiger partial charge in [0.05, 0.1) is 5.75 Å². The first-order valence-electron chi connectivity index (χ1n) is 8.01. The number of hydrogen-bond acceptors (Lipinski definition) is 3. The molecular weight excluding hydrogens is 378 g/mol. The van der Waals surface area contributed by atoms with E-state index in [0.29, 0.717) is 0 Å². The summed E-state index contributed by atoms with van der Waals surface area (Å²) >= 11 is 3.42. The molecule has 0 radical (unpaired) electrons. The normalized spacial score (nSPS) is 25.0. The average molecular weight is 400 g/mol. The fourth-order valence-corrected chi connectivity index (χ4v) is 4.67. The number of amides is 1. The lowest BCUT2D eigenvalue weighted by molar-refractivity contribution is -0.134. The van der Waals surface area contributed by atoms with Gasteiger partial charge in [0.2, 0.25) is 5.91 Å². The molecular formula is C17H22BrNO3S. The standard InChI is InChI=1S/C17H22BrNO3S/c1-11(10-23(2,21)22)19(14-7-8-14)17(20)16-9-15(16)12-3-5-13(18)6-4-12/h3-6,11,14-16H,7-10H2,1-2H3. The molecule has 2 aliphatic carbocycles. The minimum absolute atomic E-state index is 0.0128. The van der Waals surface area contributed by atoms with Crippen LogP contribution in [0, 0.1) is 5.92 Å². The Labute approximate surface area is 146 Å². The molecule has 0 spiro atoms. The van der Waals surface area contributed by atoms with Gasteiger partial charge in [-0.25, -0.2) is 8.42 Å². The second kappa shape index (κ2) is 6.20. The number of carbonyl (C=O) groups excluding carboxylic acids is 1. The summed E-state index contributed by atoms with van der Waals surface area (Å²) in [5, 5.41) is 0. The third-order valence-electron chi connectivity index (χ3n) is 4.62. The van der Waals surface area contributed by atoms with Crippen molar-refractivity contribution < 1.29 is 13.2 Å². The number of rotatable bonds is 6. The number of benzene rings is 1. The highest BCUT2D eigenvalue weighted by Crippen LogP contribution is 2.50. The average Bonchev–Trinajstić information content (AvgIpc) is 3.31. The van der Waals surface area contributed by atoms with E-state index in [0.717, 1.165) is 23.7 Å². The van der Waals surface area contributed by atoms with Gasteiger partial charge in [-0.2, -0.15) is 0 Å². The molecule has 2 aliphatic rings. The van der Waals surface area contributed by atoms with Gasteiger partial charge in [-0.3, -0.25) is 4.79 Å². The van der Waals surface area contributed by atoms with Crippen molar-refractivity contribution in [1.29, 1.82) is 0 Å². The minimum Gasteiger partial charge on any atom is -0.336 e. The molecule has 2 saturated carbocycles. The summed E-state index contributed by atoms with van der Waals surface area (Å²) in [6.45, 7) is 1.86. The third kappa shape index (κ3) is 4.15. The Morgan fingerprint density at radius 3 is 2.43 bits per heavy atom. The third-order valence-corrected chi connectivity index (χ3v) is 6.24. The van der Waals surface area contributed by atoms with E-state index in [1.54, 1.807) is 0 Å². The Balaban J connectivity index is 1.69. The quantitative estimate of drug-likeness (QED) is 0.738. The number of carbonyl (C=O) groups is 1. The van der Waals surface area contributed by atoms with Gasteiger partial charge in [-0.1, -0.05) is 28.1 Å². The molecule has 3 unspecified atom stereocenters. The van der Waals surface area contributed by atoms with Crippen LogP contribution in [-0.4, -0.2) is 43.3 Å². The molecule has 0 heterocycles. The van der Waals surface area contributed by atoms with Crippen LogP contribution in [0.1, 0.15) is 37.7 Å². The van der Waals surface area contributed by atoms with E-state index < -0.39 is 9.84 Å². The second-order valence-electron chi connectivity index (χ2n) is 6.92. The predicted octanol–water partition coefficient (Wildman–Crippen LogP) is 2.98. The van der Waals surface area contributed by atoms with Crippen LogP contribution < -0.4 is 0 Å². The lowest BCUT2D eigenvalue weighted by Crippen LogP contribution is -2.44. The molecule has 23 heavy (non-hydrogen) atoms. The zero-order valence-corrected chi connectivity index (χ0v) is 15.8. The molecule has 6 heteroatoms. The van der Waals surface area contributed by atoms with E-state index >= 15 is 0 Å². The first-order chi connectivity index (χ1) is 10.8. The van der Waals surface area contributed by atoms with Crippen LogP contribution in [-0.2, 0) is 14.6 Å². The molecule has 3 atom stereocenters. The van der Waals surface area contributed by atoms with Crippen LogP contribution in [0.5, 0.6) is 0 Å². The second-order valence-corrected chi connectivity index (χ2v) is 10.0. The molecule has 0 bridgehead atoms. The van der Waals surface area contributed by atoms with Gasteiger partial charge in [-0.05, 0) is 49.8 Å². The fraction of sp³-hybridized carbons (Fsp3) is 0.588. The Bertz CT molecular complexity index is 697. The Morgan fingerprint density at radius 2 is 1.91 bits per heavy atom. The van der Waals surface area contributed by atoms with E-state index in [2.05, 4.69) is 28.1 Å². The zero-order chi connectivity index (χ0) is 16.8. The van der Waals surface area contributed by atoms with Crippen LogP contribution >= 0.6 is 15.9 Å². The number of halogens is 1. The number of hydrogen-bond donors (Lipinski definition) is 0. The Hall–Kier alpha value is -0.880. The van der Waals surface area contributed by atoms with Crippen molar-refractivity contribution in [3.63, 3.8) is 0 Å². The first kappa shape index (κ1) is 17.0. The van der Waals surface area contributed by atoms with E-state index in [-0.39, 0.29) is 35.6 Å². The number of nitrogens with zero attached hydrogens (tertiary/aromatic N) is 1. The van der Waals surface area contributed by atoms with E-state index in [4.69, 9.17) is 0 Å². The molecule has 0 saturated heterocycles. The van der Waals surface area contributed by atoms with Crippen molar-refractivity contribution in [2.75, 3.05) is 12.0 Å². The fourth-order valence-electron chi connectivity index (χ4n) is 3.37. The van der Waals surface area contributed by atoms with Crippen molar-refractivity contribution in [2.24, 2.45) is 5.92 Å². The van der Waals surface area contributed by atoms with Gasteiger partial charge in [-0.15, -0.1) is 0 Å². The van der Waals surface area contributed by atoms with Gasteiger partial charge in [0.1, 0.15) is 9.84 Å². The summed E-state index contributed by atoms with van der Waals surface area (Å²) < 4.78 is 24.2. The monoisotopic (exact) mass is 399 g/mol. The van der Waals surface area contributed by atoms with Gasteiger partial charge in [0.15, 0.2) is 0 Å². The lowest BCUT2D eigenvalue weighted by atomic mass is 10.1. The minimum atomic E-state index is -3.08. The van der Waals surface area contributed by atoms with Crippen molar-refractivity contribution in [2.45, 2.75) is 44.2 Å². The van der Waals surface area contributed by atoms with Crippen molar-refractivity contribution in [3.05, 3.63) is 34.3 Å². The van der Waals surface area contributed by atoms with Crippen molar-refractivity contribution >= 4 is 31.7 Å². The molecule has 0 N–H and O–H groups in total. The van der Waals surface area contributed by atoms with Crippen LogP contribution in [0.3, 0.4) is 0 Å². The van der Waals surface area contributed by atoms with Crippen molar-refractivity contribution in [1.82, 2.24) is 4.90 Å². The van der Waals surface area contributed by atoms with Gasteiger partial charge in [0, 0.05) is 28.7 Å². The topological polar surface area (TPSA) is 54.5 Å². The van der Waals surface area contributed by atoms with Crippen molar-refractivity contribution in [3.8, 4) is 0 Å². The maximum absolute atomic E-state index is 12.9. The van der Waals surface area contributed by atoms with Crippen LogP contribution in [0.2, 0.25) is 0 Å². The van der Waals surface area contributed by atoms with E-state index in [1.165, 1.54) is 11.8 Å². The molecule has 4 nitrogen and oxygen atoms in total. The smallest absolute Gasteiger partial charge is 0.226 e. The van der Waals surface area contributed by atoms with Crippen LogP contribution in [0.25, 0.3) is 0 Å². The molecule has 1 aromatic carbocycles. The van der Waals surface area contributed by atoms with E-state index in [1.807, 2.05) is 24.0 Å². The number of sulfone groups is 1. The summed E-state index contributed by atoms with van der Waals surface area (Å²) in [7, 11) is -3.08. The molecule has 126 valence electrons. The zero-order valence-electron chi connectivity index (χ0n) is 13.4. The summed E-state index contributed by atoms with van der Waals surface area (Å²) in [4.78, 5) is 14.7.